The predicted molar refractivity (Wildman–Crippen MR) is 202 cm³/mol. The Bertz CT molecular complexity index is 2790. The van der Waals surface area contributed by atoms with Gasteiger partial charge in [0, 0.05) is 54.1 Å². The molecule has 2 nitrogen and oxygen atoms in total. The van der Waals surface area contributed by atoms with Crippen LogP contribution >= 0.6 is 11.3 Å². The molecule has 0 radical (unpaired) electrons. The van der Waals surface area contributed by atoms with Crippen LogP contribution in [-0.2, 0) is 0 Å². The molecular formula is C44H27NOS. The molecule has 10 rings (SSSR count). The first-order chi connectivity index (χ1) is 23.3. The molecular weight excluding hydrogens is 591 g/mol. The van der Waals surface area contributed by atoms with Gasteiger partial charge in [-0.3, -0.25) is 0 Å². The molecule has 0 unspecified atom stereocenters. The smallest absolute Gasteiger partial charge is 0.137 e. The summed E-state index contributed by atoms with van der Waals surface area (Å²) in [6, 6.07) is 59.0. The maximum absolute atomic E-state index is 6.26. The Balaban J connectivity index is 1.04. The fourth-order valence-electron chi connectivity index (χ4n) is 7.15. The molecule has 220 valence electrons. The number of para-hydroxylation sites is 2. The van der Waals surface area contributed by atoms with E-state index in [-0.39, 0.29) is 0 Å². The highest BCUT2D eigenvalue weighted by Gasteiger charge is 2.16. The van der Waals surface area contributed by atoms with E-state index in [0.717, 1.165) is 39.0 Å². The van der Waals surface area contributed by atoms with Gasteiger partial charge in [0.2, 0.25) is 0 Å². The third-order valence-corrected chi connectivity index (χ3v) is 10.6. The third-order valence-electron chi connectivity index (χ3n) is 9.43. The van der Waals surface area contributed by atoms with Gasteiger partial charge in [0.15, 0.2) is 0 Å². The average Bonchev–Trinajstić information content (AvgIpc) is 3.69. The summed E-state index contributed by atoms with van der Waals surface area (Å²) in [6.07, 6.45) is 0. The van der Waals surface area contributed by atoms with Gasteiger partial charge in [-0.15, -0.1) is 11.3 Å². The third kappa shape index (κ3) is 4.25. The highest BCUT2D eigenvalue weighted by molar-refractivity contribution is 7.25. The molecule has 2 aromatic heterocycles. The Morgan fingerprint density at radius 1 is 0.362 bits per heavy atom. The standard InChI is InChI=1S/C44H27NOS/c1-2-8-32(9-3-1)45(34-21-23-37-36-10-4-6-12-41(36)46-42(37)26-34)33-19-16-28(17-20-33)29-18-22-35-30(24-29)14-15-31-25-40-38-11-5-7-13-43(38)47-44(40)27-39(31)35/h1-27H. The maximum atomic E-state index is 6.26. The summed E-state index contributed by atoms with van der Waals surface area (Å²) in [5, 5.41) is 10.1. The van der Waals surface area contributed by atoms with E-state index in [4.69, 9.17) is 4.42 Å². The zero-order valence-electron chi connectivity index (χ0n) is 25.4. The Morgan fingerprint density at radius 3 is 1.89 bits per heavy atom. The number of benzene rings is 8. The van der Waals surface area contributed by atoms with Crippen molar-refractivity contribution in [1.82, 2.24) is 0 Å². The number of hydrogen-bond acceptors (Lipinski definition) is 3. The molecule has 0 saturated carbocycles. The van der Waals surface area contributed by atoms with Crippen LogP contribution in [-0.4, -0.2) is 0 Å². The van der Waals surface area contributed by atoms with E-state index in [1.54, 1.807) is 0 Å². The second-order valence-corrected chi connectivity index (χ2v) is 13.2. The number of fused-ring (bicyclic) bond motifs is 9. The first kappa shape index (κ1) is 26.3. The van der Waals surface area contributed by atoms with Crippen molar-refractivity contribution >= 4 is 92.1 Å². The van der Waals surface area contributed by atoms with Crippen molar-refractivity contribution in [3.8, 4) is 11.1 Å². The van der Waals surface area contributed by atoms with Gasteiger partial charge < -0.3 is 9.32 Å². The molecule has 0 fully saturated rings. The fourth-order valence-corrected chi connectivity index (χ4v) is 8.27. The number of thiophene rings is 1. The summed E-state index contributed by atoms with van der Waals surface area (Å²) < 4.78 is 8.94. The van der Waals surface area contributed by atoms with Crippen LogP contribution in [0.2, 0.25) is 0 Å². The number of hydrogen-bond donors (Lipinski definition) is 0. The molecule has 3 heteroatoms. The molecule has 0 amide bonds. The first-order valence-corrected chi connectivity index (χ1v) is 16.7. The lowest BCUT2D eigenvalue weighted by Crippen LogP contribution is -2.09. The number of anilines is 3. The van der Waals surface area contributed by atoms with Crippen LogP contribution in [0.1, 0.15) is 0 Å². The van der Waals surface area contributed by atoms with E-state index >= 15 is 0 Å². The van der Waals surface area contributed by atoms with Gasteiger partial charge in [-0.05, 0) is 99.4 Å². The Kier molecular flexibility index (Phi) is 5.78. The lowest BCUT2D eigenvalue weighted by Gasteiger charge is -2.25. The number of nitrogens with zero attached hydrogens (tertiary/aromatic N) is 1. The van der Waals surface area contributed by atoms with E-state index in [0.29, 0.717) is 0 Å². The van der Waals surface area contributed by atoms with Crippen LogP contribution in [0.25, 0.3) is 74.8 Å². The molecule has 0 spiro atoms. The molecule has 47 heavy (non-hydrogen) atoms. The second kappa shape index (κ2) is 10.3. The quantitative estimate of drug-likeness (QED) is 0.183. The van der Waals surface area contributed by atoms with Crippen molar-refractivity contribution in [1.29, 1.82) is 0 Å². The van der Waals surface area contributed by atoms with Gasteiger partial charge >= 0.3 is 0 Å². The Hall–Kier alpha value is -5.90. The van der Waals surface area contributed by atoms with Gasteiger partial charge in [-0.1, -0.05) is 91.0 Å². The van der Waals surface area contributed by atoms with Crippen molar-refractivity contribution < 1.29 is 4.42 Å². The Labute approximate surface area is 275 Å². The lowest BCUT2D eigenvalue weighted by molar-refractivity contribution is 0.669. The monoisotopic (exact) mass is 617 g/mol. The minimum Gasteiger partial charge on any atom is -0.456 e. The van der Waals surface area contributed by atoms with Crippen molar-refractivity contribution in [2.45, 2.75) is 0 Å². The molecule has 8 aromatic carbocycles. The topological polar surface area (TPSA) is 16.4 Å². The van der Waals surface area contributed by atoms with E-state index in [1.807, 2.05) is 23.5 Å². The lowest BCUT2D eigenvalue weighted by atomic mass is 9.96. The summed E-state index contributed by atoms with van der Waals surface area (Å²) in [6.45, 7) is 0. The van der Waals surface area contributed by atoms with E-state index in [9.17, 15) is 0 Å². The van der Waals surface area contributed by atoms with Crippen LogP contribution in [0.5, 0.6) is 0 Å². The first-order valence-electron chi connectivity index (χ1n) is 15.9. The molecule has 0 aliphatic heterocycles. The predicted octanol–water partition coefficient (Wildman–Crippen LogP) is 13.4. The van der Waals surface area contributed by atoms with Crippen molar-refractivity contribution in [2.24, 2.45) is 0 Å². The van der Waals surface area contributed by atoms with Gasteiger partial charge in [-0.25, -0.2) is 0 Å². The second-order valence-electron chi connectivity index (χ2n) is 12.2. The molecule has 0 aliphatic rings. The summed E-state index contributed by atoms with van der Waals surface area (Å²) in [5.41, 5.74) is 7.44. The molecule has 10 aromatic rings. The molecule has 0 atom stereocenters. The molecule has 2 heterocycles. The number of rotatable bonds is 4. The molecule has 0 saturated heterocycles. The van der Waals surface area contributed by atoms with Crippen LogP contribution < -0.4 is 4.90 Å². The zero-order chi connectivity index (χ0) is 30.9. The summed E-state index contributed by atoms with van der Waals surface area (Å²) >= 11 is 1.88. The minimum absolute atomic E-state index is 0.887. The summed E-state index contributed by atoms with van der Waals surface area (Å²) in [7, 11) is 0. The van der Waals surface area contributed by atoms with E-state index in [1.165, 1.54) is 52.8 Å². The summed E-state index contributed by atoms with van der Waals surface area (Å²) in [4.78, 5) is 2.29. The maximum Gasteiger partial charge on any atom is 0.137 e. The normalized spacial score (nSPS) is 11.8. The van der Waals surface area contributed by atoms with Gasteiger partial charge in [0.1, 0.15) is 11.2 Å². The minimum atomic E-state index is 0.887. The fraction of sp³-hybridized carbons (Fsp3) is 0. The average molecular weight is 618 g/mol. The Morgan fingerprint density at radius 2 is 1.02 bits per heavy atom. The molecule has 0 N–H and O–H groups in total. The van der Waals surface area contributed by atoms with Crippen LogP contribution in [0.3, 0.4) is 0 Å². The van der Waals surface area contributed by atoms with Crippen molar-refractivity contribution in [2.75, 3.05) is 4.90 Å². The van der Waals surface area contributed by atoms with Crippen LogP contribution in [0, 0.1) is 0 Å². The SMILES string of the molecule is c1ccc(N(c2ccc(-c3ccc4c(ccc5cc6c(cc54)sc4ccccc46)c3)cc2)c2ccc3c(c2)oc2ccccc23)cc1. The zero-order valence-corrected chi connectivity index (χ0v) is 26.2. The van der Waals surface area contributed by atoms with E-state index in [2.05, 4.69) is 157 Å². The number of furan rings is 1. The molecule has 0 bridgehead atoms. The van der Waals surface area contributed by atoms with Gasteiger partial charge in [0.25, 0.3) is 0 Å². The van der Waals surface area contributed by atoms with E-state index < -0.39 is 0 Å². The highest BCUT2D eigenvalue weighted by Crippen LogP contribution is 2.41. The van der Waals surface area contributed by atoms with Gasteiger partial charge in [0.05, 0.1) is 0 Å². The highest BCUT2D eigenvalue weighted by atomic mass is 32.1. The van der Waals surface area contributed by atoms with Gasteiger partial charge in [-0.2, -0.15) is 0 Å². The largest absolute Gasteiger partial charge is 0.456 e. The van der Waals surface area contributed by atoms with Crippen LogP contribution in [0.15, 0.2) is 168 Å². The van der Waals surface area contributed by atoms with Crippen LogP contribution in [0.4, 0.5) is 17.1 Å². The summed E-state index contributed by atoms with van der Waals surface area (Å²) in [5.74, 6) is 0. The molecule has 0 aliphatic carbocycles. The van der Waals surface area contributed by atoms with Crippen molar-refractivity contribution in [3.63, 3.8) is 0 Å². The van der Waals surface area contributed by atoms with Crippen molar-refractivity contribution in [3.05, 3.63) is 164 Å².